The van der Waals surface area contributed by atoms with Crippen LogP contribution in [0.1, 0.15) is 19.8 Å². The Morgan fingerprint density at radius 3 is 2.62 bits per heavy atom. The number of anilines is 4. The summed E-state index contributed by atoms with van der Waals surface area (Å²) in [6, 6.07) is 7.22. The largest absolute Gasteiger partial charge is 0.481 e. The van der Waals surface area contributed by atoms with Gasteiger partial charge in [0.1, 0.15) is 6.33 Å². The highest BCUT2D eigenvalue weighted by Gasteiger charge is 2.25. The van der Waals surface area contributed by atoms with Crippen molar-refractivity contribution >= 4 is 35.1 Å². The topological polar surface area (TPSA) is 120 Å². The Hall–Kier alpha value is -3.23. The number of hydrogen-bond donors (Lipinski definition) is 3. The van der Waals surface area contributed by atoms with Crippen molar-refractivity contribution in [3.8, 4) is 0 Å². The first kappa shape index (κ1) is 17.6. The van der Waals surface area contributed by atoms with Crippen LogP contribution in [0.15, 0.2) is 30.6 Å². The van der Waals surface area contributed by atoms with Crippen LogP contribution in [0.4, 0.5) is 23.3 Å². The molecule has 2 heterocycles. The Morgan fingerprint density at radius 1 is 1.19 bits per heavy atom. The molecule has 1 aliphatic rings. The Balaban J connectivity index is 1.68. The maximum absolute atomic E-state index is 11.2. The van der Waals surface area contributed by atoms with Crippen LogP contribution in [0, 0.1) is 5.92 Å². The summed E-state index contributed by atoms with van der Waals surface area (Å²) in [5.74, 6) is -0.294. The quantitative estimate of drug-likeness (QED) is 0.742. The number of rotatable bonds is 5. The lowest BCUT2D eigenvalue weighted by Gasteiger charge is -2.29. The number of carboxylic acids is 1. The molecule has 0 aliphatic carbocycles. The molecule has 1 saturated heterocycles. The minimum Gasteiger partial charge on any atom is -0.481 e. The van der Waals surface area contributed by atoms with Crippen molar-refractivity contribution in [1.82, 2.24) is 15.0 Å². The van der Waals surface area contributed by atoms with Crippen LogP contribution in [0.2, 0.25) is 0 Å². The summed E-state index contributed by atoms with van der Waals surface area (Å²) in [5, 5.41) is 14.9. The third kappa shape index (κ3) is 4.44. The molecule has 0 bridgehead atoms. The molecule has 1 amide bonds. The smallest absolute Gasteiger partial charge is 0.306 e. The number of carbonyl (C=O) groups excluding carboxylic acids is 1. The molecule has 1 aliphatic heterocycles. The average Bonchev–Trinajstić information content (AvgIpc) is 2.62. The van der Waals surface area contributed by atoms with Gasteiger partial charge in [0.05, 0.1) is 5.92 Å². The number of hydrogen-bond acceptors (Lipinski definition) is 7. The van der Waals surface area contributed by atoms with E-state index in [1.807, 2.05) is 17.0 Å². The van der Waals surface area contributed by atoms with Crippen molar-refractivity contribution < 1.29 is 14.7 Å². The van der Waals surface area contributed by atoms with Crippen LogP contribution >= 0.6 is 0 Å². The van der Waals surface area contributed by atoms with E-state index in [0.29, 0.717) is 43.5 Å². The number of amides is 1. The summed E-state index contributed by atoms with van der Waals surface area (Å²) in [7, 11) is 0. The molecule has 1 fully saturated rings. The molecule has 9 heteroatoms. The highest BCUT2D eigenvalue weighted by molar-refractivity contribution is 5.89. The van der Waals surface area contributed by atoms with Crippen LogP contribution in [0.5, 0.6) is 0 Å². The zero-order valence-electron chi connectivity index (χ0n) is 14.3. The molecule has 3 N–H and O–H groups in total. The van der Waals surface area contributed by atoms with Gasteiger partial charge in [0.2, 0.25) is 17.8 Å². The van der Waals surface area contributed by atoms with Gasteiger partial charge in [-0.05, 0) is 31.0 Å². The summed E-state index contributed by atoms with van der Waals surface area (Å²) in [6.07, 6.45) is 2.57. The summed E-state index contributed by atoms with van der Waals surface area (Å²) < 4.78 is 0. The second kappa shape index (κ2) is 7.77. The van der Waals surface area contributed by atoms with E-state index in [1.165, 1.54) is 13.3 Å². The van der Waals surface area contributed by atoms with E-state index >= 15 is 0 Å². The Kier molecular flexibility index (Phi) is 5.26. The fourth-order valence-electron chi connectivity index (χ4n) is 2.83. The first-order valence-electron chi connectivity index (χ1n) is 8.33. The third-order valence-electron chi connectivity index (χ3n) is 4.13. The van der Waals surface area contributed by atoms with Crippen LogP contribution < -0.4 is 15.5 Å². The van der Waals surface area contributed by atoms with Crippen LogP contribution in [0.25, 0.3) is 0 Å². The van der Waals surface area contributed by atoms with Gasteiger partial charge in [-0.3, -0.25) is 9.59 Å². The van der Waals surface area contributed by atoms with Gasteiger partial charge in [0.15, 0.2) is 0 Å². The monoisotopic (exact) mass is 356 g/mol. The van der Waals surface area contributed by atoms with Gasteiger partial charge in [0, 0.05) is 31.4 Å². The van der Waals surface area contributed by atoms with E-state index < -0.39 is 5.97 Å². The van der Waals surface area contributed by atoms with Crippen molar-refractivity contribution in [3.63, 3.8) is 0 Å². The van der Waals surface area contributed by atoms with E-state index in [9.17, 15) is 9.59 Å². The van der Waals surface area contributed by atoms with Crippen LogP contribution in [0.3, 0.4) is 0 Å². The molecule has 0 saturated carbocycles. The van der Waals surface area contributed by atoms with E-state index in [4.69, 9.17) is 5.11 Å². The van der Waals surface area contributed by atoms with Gasteiger partial charge in [-0.2, -0.15) is 4.98 Å². The molecule has 0 unspecified atom stereocenters. The van der Waals surface area contributed by atoms with Gasteiger partial charge in [-0.15, -0.1) is 0 Å². The number of carboxylic acid groups (broad SMARTS) is 1. The lowest BCUT2D eigenvalue weighted by molar-refractivity contribution is -0.142. The fraction of sp³-hybridized carbons (Fsp3) is 0.353. The Bertz CT molecular complexity index is 805. The first-order valence-corrected chi connectivity index (χ1v) is 8.33. The lowest BCUT2D eigenvalue weighted by Crippen LogP contribution is -2.37. The lowest BCUT2D eigenvalue weighted by atomic mass is 9.97. The van der Waals surface area contributed by atoms with Crippen LogP contribution in [-0.4, -0.2) is 45.0 Å². The molecule has 0 atom stereocenters. The third-order valence-corrected chi connectivity index (χ3v) is 4.13. The average molecular weight is 356 g/mol. The molecule has 1 aromatic heterocycles. The van der Waals surface area contributed by atoms with Gasteiger partial charge < -0.3 is 20.6 Å². The molecule has 1 aromatic carbocycles. The number of nitrogens with zero attached hydrogens (tertiary/aromatic N) is 4. The molecule has 26 heavy (non-hydrogen) atoms. The molecule has 0 radical (unpaired) electrons. The zero-order chi connectivity index (χ0) is 18.5. The highest BCUT2D eigenvalue weighted by atomic mass is 16.4. The van der Waals surface area contributed by atoms with Crippen molar-refractivity contribution in [1.29, 1.82) is 0 Å². The van der Waals surface area contributed by atoms with Crippen molar-refractivity contribution in [2.75, 3.05) is 28.6 Å². The van der Waals surface area contributed by atoms with Crippen molar-refractivity contribution in [2.24, 2.45) is 5.92 Å². The van der Waals surface area contributed by atoms with Gasteiger partial charge in [-0.1, -0.05) is 6.07 Å². The Morgan fingerprint density at radius 2 is 1.92 bits per heavy atom. The normalized spacial score (nSPS) is 14.7. The molecule has 3 rings (SSSR count). The highest BCUT2D eigenvalue weighted by Crippen LogP contribution is 2.22. The number of nitrogens with one attached hydrogen (secondary N) is 2. The molecule has 9 nitrogen and oxygen atoms in total. The minimum absolute atomic E-state index is 0.144. The number of aromatic nitrogens is 3. The Labute approximate surface area is 150 Å². The molecular weight excluding hydrogens is 336 g/mol. The van der Waals surface area contributed by atoms with E-state index in [-0.39, 0.29) is 11.8 Å². The predicted octanol–water partition coefficient (Wildman–Crippen LogP) is 1.87. The van der Waals surface area contributed by atoms with Gasteiger partial charge in [0.25, 0.3) is 0 Å². The minimum atomic E-state index is -0.748. The predicted molar refractivity (Wildman–Crippen MR) is 96.4 cm³/mol. The van der Waals surface area contributed by atoms with Crippen molar-refractivity contribution in [3.05, 3.63) is 30.6 Å². The fourth-order valence-corrected chi connectivity index (χ4v) is 2.83. The summed E-state index contributed by atoms with van der Waals surface area (Å²) in [4.78, 5) is 36.9. The SMILES string of the molecule is CC(=O)Nc1cccc(Nc2ncnc(N3CCC(C(=O)O)CC3)n2)c1. The number of benzene rings is 1. The maximum atomic E-state index is 11.2. The summed E-state index contributed by atoms with van der Waals surface area (Å²) >= 11 is 0. The summed E-state index contributed by atoms with van der Waals surface area (Å²) in [5.41, 5.74) is 1.41. The molecular formula is C17H20N6O3. The summed E-state index contributed by atoms with van der Waals surface area (Å²) in [6.45, 7) is 2.64. The van der Waals surface area contributed by atoms with E-state index in [2.05, 4.69) is 25.6 Å². The van der Waals surface area contributed by atoms with E-state index in [1.54, 1.807) is 12.1 Å². The first-order chi connectivity index (χ1) is 12.5. The van der Waals surface area contributed by atoms with Crippen molar-refractivity contribution in [2.45, 2.75) is 19.8 Å². The number of carbonyl (C=O) groups is 2. The zero-order valence-corrected chi connectivity index (χ0v) is 14.3. The second-order valence-corrected chi connectivity index (χ2v) is 6.10. The second-order valence-electron chi connectivity index (χ2n) is 6.10. The standard InChI is InChI=1S/C17H20N6O3/c1-11(24)20-13-3-2-4-14(9-13)21-16-18-10-19-17(22-16)23-7-5-12(6-8-23)15(25)26/h2-4,9-10,12H,5-8H2,1H3,(H,20,24)(H,25,26)(H,18,19,21,22). The van der Waals surface area contributed by atoms with Crippen LogP contribution in [-0.2, 0) is 9.59 Å². The number of aliphatic carboxylic acids is 1. The van der Waals surface area contributed by atoms with Gasteiger partial charge in [-0.25, -0.2) is 9.97 Å². The number of piperidine rings is 1. The van der Waals surface area contributed by atoms with Gasteiger partial charge >= 0.3 is 5.97 Å². The maximum Gasteiger partial charge on any atom is 0.306 e. The molecule has 0 spiro atoms. The van der Waals surface area contributed by atoms with E-state index in [0.717, 1.165) is 5.69 Å². The molecule has 136 valence electrons. The molecule has 2 aromatic rings.